The number of benzene rings is 1. The van der Waals surface area contributed by atoms with E-state index in [1.165, 1.54) is 44.2 Å². The summed E-state index contributed by atoms with van der Waals surface area (Å²) in [6.45, 7) is 4.55. The number of ketones is 1. The van der Waals surface area contributed by atoms with Gasteiger partial charge in [0, 0.05) is 17.6 Å². The highest BCUT2D eigenvalue weighted by molar-refractivity contribution is 5.97. The Morgan fingerprint density at radius 1 is 1.22 bits per heavy atom. The standard InChI is InChI=1S/C19H27FN2O/c1-19(16-6-4-3-5-7-16)13-22(14-21(19)2)12-18(23)15-8-10-17(20)11-9-15/h8-11,16H,3-7,12-14H2,1-2H3. The molecule has 0 bridgehead atoms. The molecule has 0 aromatic heterocycles. The van der Waals surface area contributed by atoms with Crippen LogP contribution in [0.4, 0.5) is 4.39 Å². The van der Waals surface area contributed by atoms with Crippen LogP contribution in [-0.2, 0) is 0 Å². The van der Waals surface area contributed by atoms with Crippen LogP contribution in [0.15, 0.2) is 24.3 Å². The summed E-state index contributed by atoms with van der Waals surface area (Å²) in [7, 11) is 2.18. The predicted octanol–water partition coefficient (Wildman–Crippen LogP) is 3.55. The zero-order chi connectivity index (χ0) is 16.4. The molecule has 23 heavy (non-hydrogen) atoms. The molecule has 1 aromatic carbocycles. The van der Waals surface area contributed by atoms with Crippen molar-refractivity contribution >= 4 is 5.78 Å². The maximum atomic E-state index is 13.0. The Morgan fingerprint density at radius 3 is 2.52 bits per heavy atom. The minimum Gasteiger partial charge on any atom is -0.293 e. The number of carbonyl (C=O) groups excluding carboxylic acids is 1. The molecular weight excluding hydrogens is 291 g/mol. The van der Waals surface area contributed by atoms with E-state index in [1.54, 1.807) is 12.1 Å². The SMILES string of the molecule is CN1CN(CC(=O)c2ccc(F)cc2)CC1(C)C1CCCCC1. The summed E-state index contributed by atoms with van der Waals surface area (Å²) in [6, 6.07) is 5.88. The molecule has 1 atom stereocenters. The molecule has 1 saturated heterocycles. The average molecular weight is 318 g/mol. The Morgan fingerprint density at radius 2 is 1.87 bits per heavy atom. The van der Waals surface area contributed by atoms with E-state index >= 15 is 0 Å². The first kappa shape index (κ1) is 16.6. The highest BCUT2D eigenvalue weighted by Gasteiger charge is 2.44. The number of rotatable bonds is 4. The quantitative estimate of drug-likeness (QED) is 0.793. The molecule has 1 aliphatic carbocycles. The van der Waals surface area contributed by atoms with Crippen LogP contribution in [0.5, 0.6) is 0 Å². The molecule has 2 fully saturated rings. The van der Waals surface area contributed by atoms with Gasteiger partial charge in [0.05, 0.1) is 13.2 Å². The van der Waals surface area contributed by atoms with E-state index in [-0.39, 0.29) is 17.1 Å². The highest BCUT2D eigenvalue weighted by atomic mass is 19.1. The molecule has 3 rings (SSSR count). The lowest BCUT2D eigenvalue weighted by molar-refractivity contribution is 0.0937. The molecule has 0 spiro atoms. The Balaban J connectivity index is 1.63. The van der Waals surface area contributed by atoms with Gasteiger partial charge in [-0.1, -0.05) is 19.3 Å². The van der Waals surface area contributed by atoms with Gasteiger partial charge >= 0.3 is 0 Å². The fourth-order valence-corrected chi connectivity index (χ4v) is 4.29. The van der Waals surface area contributed by atoms with Crippen LogP contribution in [0.3, 0.4) is 0 Å². The van der Waals surface area contributed by atoms with Gasteiger partial charge in [0.1, 0.15) is 5.82 Å². The third-order valence-electron chi connectivity index (χ3n) is 5.85. The van der Waals surface area contributed by atoms with Crippen LogP contribution >= 0.6 is 0 Å². The van der Waals surface area contributed by atoms with E-state index in [2.05, 4.69) is 23.8 Å². The summed E-state index contributed by atoms with van der Waals surface area (Å²) < 4.78 is 13.0. The molecule has 0 amide bonds. The van der Waals surface area contributed by atoms with E-state index in [4.69, 9.17) is 0 Å². The minimum atomic E-state index is -0.299. The molecule has 1 aromatic rings. The van der Waals surface area contributed by atoms with Gasteiger partial charge in [-0.2, -0.15) is 0 Å². The second-order valence-electron chi connectivity index (χ2n) is 7.45. The van der Waals surface area contributed by atoms with E-state index in [0.29, 0.717) is 12.1 Å². The molecule has 4 heteroatoms. The van der Waals surface area contributed by atoms with Crippen LogP contribution in [0.2, 0.25) is 0 Å². The van der Waals surface area contributed by atoms with Crippen molar-refractivity contribution in [2.45, 2.75) is 44.6 Å². The van der Waals surface area contributed by atoms with Crippen molar-refractivity contribution in [3.8, 4) is 0 Å². The molecule has 126 valence electrons. The Labute approximate surface area is 138 Å². The summed E-state index contributed by atoms with van der Waals surface area (Å²) in [6.07, 6.45) is 6.65. The number of halogens is 1. The highest BCUT2D eigenvalue weighted by Crippen LogP contribution is 2.39. The molecule has 1 unspecified atom stereocenters. The Bertz CT molecular complexity index is 553. The zero-order valence-corrected chi connectivity index (χ0v) is 14.2. The number of hydrogen-bond acceptors (Lipinski definition) is 3. The topological polar surface area (TPSA) is 23.6 Å². The van der Waals surface area contributed by atoms with Gasteiger partial charge in [0.25, 0.3) is 0 Å². The van der Waals surface area contributed by atoms with Crippen molar-refractivity contribution in [1.82, 2.24) is 9.80 Å². The molecule has 0 N–H and O–H groups in total. The molecule has 2 aliphatic rings. The normalized spacial score (nSPS) is 27.4. The fourth-order valence-electron chi connectivity index (χ4n) is 4.29. The first-order chi connectivity index (χ1) is 11.0. The van der Waals surface area contributed by atoms with Crippen LogP contribution in [0.25, 0.3) is 0 Å². The zero-order valence-electron chi connectivity index (χ0n) is 14.2. The summed E-state index contributed by atoms with van der Waals surface area (Å²) in [5, 5.41) is 0. The van der Waals surface area contributed by atoms with Gasteiger partial charge < -0.3 is 0 Å². The molecular formula is C19H27FN2O. The smallest absolute Gasteiger partial charge is 0.176 e. The minimum absolute atomic E-state index is 0.0753. The Hall–Kier alpha value is -1.26. The van der Waals surface area contributed by atoms with E-state index in [1.807, 2.05) is 0 Å². The second kappa shape index (κ2) is 6.70. The van der Waals surface area contributed by atoms with Crippen molar-refractivity contribution < 1.29 is 9.18 Å². The summed E-state index contributed by atoms with van der Waals surface area (Å²) in [4.78, 5) is 17.1. The monoisotopic (exact) mass is 318 g/mol. The number of Topliss-reactive ketones (excluding diaryl/α,β-unsaturated/α-hetero) is 1. The second-order valence-corrected chi connectivity index (χ2v) is 7.45. The number of likely N-dealkylation sites (N-methyl/N-ethyl adjacent to an activating group) is 1. The summed E-state index contributed by atoms with van der Waals surface area (Å²) in [5.41, 5.74) is 0.768. The van der Waals surface area contributed by atoms with E-state index in [9.17, 15) is 9.18 Å². The van der Waals surface area contributed by atoms with E-state index in [0.717, 1.165) is 19.1 Å². The lowest BCUT2D eigenvalue weighted by atomic mass is 9.75. The van der Waals surface area contributed by atoms with Gasteiger partial charge in [0.2, 0.25) is 0 Å². The maximum Gasteiger partial charge on any atom is 0.176 e. The van der Waals surface area contributed by atoms with Gasteiger partial charge in [-0.25, -0.2) is 4.39 Å². The molecule has 1 heterocycles. The number of nitrogens with zero attached hydrogens (tertiary/aromatic N) is 2. The third kappa shape index (κ3) is 3.48. The molecule has 1 saturated carbocycles. The van der Waals surface area contributed by atoms with Crippen molar-refractivity contribution in [3.63, 3.8) is 0 Å². The average Bonchev–Trinajstić information content (AvgIpc) is 2.84. The van der Waals surface area contributed by atoms with Crippen LogP contribution in [-0.4, -0.2) is 47.9 Å². The summed E-state index contributed by atoms with van der Waals surface area (Å²) in [5.74, 6) is 0.505. The largest absolute Gasteiger partial charge is 0.293 e. The first-order valence-corrected chi connectivity index (χ1v) is 8.71. The third-order valence-corrected chi connectivity index (χ3v) is 5.85. The van der Waals surface area contributed by atoms with Crippen molar-refractivity contribution in [3.05, 3.63) is 35.6 Å². The first-order valence-electron chi connectivity index (χ1n) is 8.71. The maximum absolute atomic E-state index is 13.0. The number of hydrogen-bond donors (Lipinski definition) is 0. The van der Waals surface area contributed by atoms with E-state index < -0.39 is 0 Å². The predicted molar refractivity (Wildman–Crippen MR) is 89.9 cm³/mol. The Kier molecular flexibility index (Phi) is 4.83. The molecule has 3 nitrogen and oxygen atoms in total. The van der Waals surface area contributed by atoms with Crippen LogP contribution in [0.1, 0.15) is 49.4 Å². The van der Waals surface area contributed by atoms with Crippen molar-refractivity contribution in [1.29, 1.82) is 0 Å². The van der Waals surface area contributed by atoms with Gasteiger partial charge in [-0.15, -0.1) is 0 Å². The van der Waals surface area contributed by atoms with Gasteiger partial charge in [-0.05, 0) is 57.0 Å². The fraction of sp³-hybridized carbons (Fsp3) is 0.632. The van der Waals surface area contributed by atoms with Crippen molar-refractivity contribution in [2.75, 3.05) is 26.8 Å². The van der Waals surface area contributed by atoms with Gasteiger partial charge in [0.15, 0.2) is 5.78 Å². The van der Waals surface area contributed by atoms with Crippen molar-refractivity contribution in [2.24, 2.45) is 5.92 Å². The van der Waals surface area contributed by atoms with Gasteiger partial charge in [-0.3, -0.25) is 14.6 Å². The summed E-state index contributed by atoms with van der Waals surface area (Å²) >= 11 is 0. The van der Waals surface area contributed by atoms with Crippen LogP contribution < -0.4 is 0 Å². The lowest BCUT2D eigenvalue weighted by Crippen LogP contribution is -2.48. The lowest BCUT2D eigenvalue weighted by Gasteiger charge is -2.41. The molecule has 1 aliphatic heterocycles. The number of carbonyl (C=O) groups is 1. The molecule has 0 radical (unpaired) electrons. The van der Waals surface area contributed by atoms with Crippen LogP contribution in [0, 0.1) is 11.7 Å².